The number of hydrogen-bond donors (Lipinski definition) is 0. The van der Waals surface area contributed by atoms with Crippen LogP contribution in [0.25, 0.3) is 0 Å². The summed E-state index contributed by atoms with van der Waals surface area (Å²) >= 11 is 0. The highest BCUT2D eigenvalue weighted by Crippen LogP contribution is 2.31. The summed E-state index contributed by atoms with van der Waals surface area (Å²) in [5.41, 5.74) is -1.57. The van der Waals surface area contributed by atoms with Gasteiger partial charge in [0, 0.05) is 6.20 Å². The largest absolute Gasteiger partial charge is 0.418 e. The molecule has 0 amide bonds. The third kappa shape index (κ3) is 1.72. The summed E-state index contributed by atoms with van der Waals surface area (Å²) in [5, 5.41) is 0. The zero-order chi connectivity index (χ0) is 9.19. The standard InChI is InChI=1S/C7H5F4N/c8-4-6-5(7(9,10)11)2-1-3-12-6/h1-3H,4H2. The SMILES string of the molecule is FCc1ncccc1C(F)(F)F. The number of pyridine rings is 1. The van der Waals surface area contributed by atoms with E-state index in [1.54, 1.807) is 0 Å². The molecule has 0 aliphatic heterocycles. The van der Waals surface area contributed by atoms with E-state index in [0.717, 1.165) is 18.3 Å². The van der Waals surface area contributed by atoms with Crippen molar-refractivity contribution in [3.63, 3.8) is 0 Å². The zero-order valence-corrected chi connectivity index (χ0v) is 5.90. The van der Waals surface area contributed by atoms with Crippen LogP contribution in [0.1, 0.15) is 11.3 Å². The van der Waals surface area contributed by atoms with E-state index >= 15 is 0 Å². The Labute approximate surface area is 66.0 Å². The first-order chi connectivity index (χ1) is 5.55. The Hall–Kier alpha value is -1.13. The Morgan fingerprint density at radius 3 is 2.42 bits per heavy atom. The van der Waals surface area contributed by atoms with Gasteiger partial charge in [-0.1, -0.05) is 0 Å². The summed E-state index contributed by atoms with van der Waals surface area (Å²) in [6.07, 6.45) is -3.39. The molecule has 0 aromatic carbocycles. The lowest BCUT2D eigenvalue weighted by atomic mass is 10.2. The molecule has 1 nitrogen and oxygen atoms in total. The molecule has 1 rings (SSSR count). The summed E-state index contributed by atoms with van der Waals surface area (Å²) < 4.78 is 48.0. The van der Waals surface area contributed by atoms with Gasteiger partial charge in [-0.2, -0.15) is 13.2 Å². The summed E-state index contributed by atoms with van der Waals surface area (Å²) in [6.45, 7) is -1.20. The molecule has 0 fully saturated rings. The minimum Gasteiger partial charge on any atom is -0.258 e. The van der Waals surface area contributed by atoms with Crippen LogP contribution in [-0.4, -0.2) is 4.98 Å². The fourth-order valence-electron chi connectivity index (χ4n) is 0.803. The number of hydrogen-bond acceptors (Lipinski definition) is 1. The molecule has 0 N–H and O–H groups in total. The molecule has 1 heterocycles. The quantitative estimate of drug-likeness (QED) is 0.603. The van der Waals surface area contributed by atoms with E-state index in [1.165, 1.54) is 0 Å². The number of nitrogens with zero attached hydrogens (tertiary/aromatic N) is 1. The first kappa shape index (κ1) is 8.96. The fraction of sp³-hybridized carbons (Fsp3) is 0.286. The minimum atomic E-state index is -4.52. The highest BCUT2D eigenvalue weighted by Gasteiger charge is 2.33. The van der Waals surface area contributed by atoms with Crippen LogP contribution in [0, 0.1) is 0 Å². The number of rotatable bonds is 1. The summed E-state index contributed by atoms with van der Waals surface area (Å²) in [5.74, 6) is 0. The Morgan fingerprint density at radius 1 is 1.33 bits per heavy atom. The van der Waals surface area contributed by atoms with Gasteiger partial charge in [-0.15, -0.1) is 0 Å². The second-order valence-corrected chi connectivity index (χ2v) is 2.13. The van der Waals surface area contributed by atoms with Crippen LogP contribution in [0.2, 0.25) is 0 Å². The van der Waals surface area contributed by atoms with Gasteiger partial charge in [0.2, 0.25) is 0 Å². The lowest BCUT2D eigenvalue weighted by Crippen LogP contribution is -2.09. The van der Waals surface area contributed by atoms with Crippen LogP contribution in [0.15, 0.2) is 18.3 Å². The molecule has 66 valence electrons. The van der Waals surface area contributed by atoms with Crippen molar-refractivity contribution >= 4 is 0 Å². The van der Waals surface area contributed by atoms with Crippen LogP contribution in [0.5, 0.6) is 0 Å². The van der Waals surface area contributed by atoms with E-state index in [9.17, 15) is 17.6 Å². The van der Waals surface area contributed by atoms with Crippen molar-refractivity contribution in [3.8, 4) is 0 Å². The summed E-state index contributed by atoms with van der Waals surface area (Å²) in [6, 6.07) is 1.93. The van der Waals surface area contributed by atoms with Crippen molar-refractivity contribution < 1.29 is 17.6 Å². The third-order valence-electron chi connectivity index (χ3n) is 1.32. The molecule has 0 saturated carbocycles. The summed E-state index contributed by atoms with van der Waals surface area (Å²) in [7, 11) is 0. The lowest BCUT2D eigenvalue weighted by Gasteiger charge is -2.08. The van der Waals surface area contributed by atoms with Gasteiger partial charge >= 0.3 is 6.18 Å². The van der Waals surface area contributed by atoms with Crippen molar-refractivity contribution in [1.29, 1.82) is 0 Å². The first-order valence-corrected chi connectivity index (χ1v) is 3.12. The van der Waals surface area contributed by atoms with E-state index in [0.29, 0.717) is 0 Å². The number of aromatic nitrogens is 1. The Bertz CT molecular complexity index is 268. The molecule has 5 heteroatoms. The minimum absolute atomic E-state index is 0.565. The maximum atomic E-state index is 12.0. The molecule has 0 saturated heterocycles. The van der Waals surface area contributed by atoms with Crippen LogP contribution in [0.3, 0.4) is 0 Å². The molecule has 0 radical (unpaired) electrons. The Balaban J connectivity index is 3.14. The number of alkyl halides is 4. The van der Waals surface area contributed by atoms with E-state index in [-0.39, 0.29) is 0 Å². The average molecular weight is 179 g/mol. The van der Waals surface area contributed by atoms with E-state index in [4.69, 9.17) is 0 Å². The van der Waals surface area contributed by atoms with Gasteiger partial charge in [0.15, 0.2) is 0 Å². The van der Waals surface area contributed by atoms with Crippen molar-refractivity contribution in [2.75, 3.05) is 0 Å². The van der Waals surface area contributed by atoms with E-state index in [2.05, 4.69) is 4.98 Å². The fourth-order valence-corrected chi connectivity index (χ4v) is 0.803. The summed E-state index contributed by atoms with van der Waals surface area (Å²) in [4.78, 5) is 3.27. The highest BCUT2D eigenvalue weighted by atomic mass is 19.4. The molecule has 0 aliphatic carbocycles. The molecule has 0 bridgehead atoms. The van der Waals surface area contributed by atoms with Gasteiger partial charge in [0.25, 0.3) is 0 Å². The Kier molecular flexibility index (Phi) is 2.30. The predicted octanol–water partition coefficient (Wildman–Crippen LogP) is 2.57. The molecule has 0 unspecified atom stereocenters. The van der Waals surface area contributed by atoms with Gasteiger partial charge in [-0.3, -0.25) is 4.98 Å². The maximum absolute atomic E-state index is 12.0. The molecule has 1 aromatic rings. The normalized spacial score (nSPS) is 11.7. The zero-order valence-electron chi connectivity index (χ0n) is 5.90. The molecule has 12 heavy (non-hydrogen) atoms. The van der Waals surface area contributed by atoms with Gasteiger partial charge in [0.1, 0.15) is 6.67 Å². The second kappa shape index (κ2) is 3.08. The maximum Gasteiger partial charge on any atom is 0.418 e. The topological polar surface area (TPSA) is 12.9 Å². The van der Waals surface area contributed by atoms with Gasteiger partial charge < -0.3 is 0 Å². The van der Waals surface area contributed by atoms with Crippen LogP contribution in [0.4, 0.5) is 17.6 Å². The monoisotopic (exact) mass is 179 g/mol. The average Bonchev–Trinajstić information content (AvgIpc) is 2.03. The second-order valence-electron chi connectivity index (χ2n) is 2.13. The molecular weight excluding hydrogens is 174 g/mol. The van der Waals surface area contributed by atoms with Gasteiger partial charge in [-0.05, 0) is 12.1 Å². The van der Waals surface area contributed by atoms with Crippen molar-refractivity contribution in [2.45, 2.75) is 12.9 Å². The van der Waals surface area contributed by atoms with E-state index in [1.807, 2.05) is 0 Å². The highest BCUT2D eigenvalue weighted by molar-refractivity contribution is 5.22. The van der Waals surface area contributed by atoms with Crippen molar-refractivity contribution in [3.05, 3.63) is 29.6 Å². The first-order valence-electron chi connectivity index (χ1n) is 3.12. The molecule has 1 aromatic heterocycles. The van der Waals surface area contributed by atoms with Crippen molar-refractivity contribution in [1.82, 2.24) is 4.98 Å². The van der Waals surface area contributed by atoms with Gasteiger partial charge in [-0.25, -0.2) is 4.39 Å². The number of halogens is 4. The van der Waals surface area contributed by atoms with Crippen LogP contribution in [-0.2, 0) is 12.9 Å². The smallest absolute Gasteiger partial charge is 0.258 e. The molecule has 0 atom stereocenters. The Morgan fingerprint density at radius 2 is 2.00 bits per heavy atom. The van der Waals surface area contributed by atoms with Crippen LogP contribution < -0.4 is 0 Å². The lowest BCUT2D eigenvalue weighted by molar-refractivity contribution is -0.138. The van der Waals surface area contributed by atoms with Crippen LogP contribution >= 0.6 is 0 Å². The molecule has 0 spiro atoms. The van der Waals surface area contributed by atoms with Crippen molar-refractivity contribution in [2.24, 2.45) is 0 Å². The van der Waals surface area contributed by atoms with Gasteiger partial charge in [0.05, 0.1) is 11.3 Å². The predicted molar refractivity (Wildman–Crippen MR) is 34.1 cm³/mol. The molecular formula is C7H5F4N. The third-order valence-corrected chi connectivity index (χ3v) is 1.32. The molecule has 0 aliphatic rings. The van der Waals surface area contributed by atoms with E-state index < -0.39 is 24.1 Å².